The Morgan fingerprint density at radius 3 is 1.52 bits per heavy atom. The van der Waals surface area contributed by atoms with Gasteiger partial charge in [0.2, 0.25) is 0 Å². The molecule has 2 radical (unpaired) electrons. The summed E-state index contributed by atoms with van der Waals surface area (Å²) >= 11 is 13.3. The van der Waals surface area contributed by atoms with Crippen molar-refractivity contribution in [2.75, 3.05) is 6.61 Å². The van der Waals surface area contributed by atoms with Crippen LogP contribution in [-0.2, 0) is 22.7 Å². The van der Waals surface area contributed by atoms with E-state index in [9.17, 15) is 14.7 Å². The van der Waals surface area contributed by atoms with Gasteiger partial charge >= 0.3 is 11.9 Å². The van der Waals surface area contributed by atoms with Crippen LogP contribution in [0.4, 0.5) is 0 Å². The quantitative estimate of drug-likeness (QED) is 0.170. The first-order chi connectivity index (χ1) is 19.7. The van der Waals surface area contributed by atoms with Gasteiger partial charge in [-0.05, 0) is 95.0 Å². The number of rotatable bonds is 10. The van der Waals surface area contributed by atoms with E-state index >= 15 is 0 Å². The van der Waals surface area contributed by atoms with E-state index in [0.717, 1.165) is 39.8 Å². The van der Waals surface area contributed by atoms with Gasteiger partial charge in [-0.2, -0.15) is 0 Å². The molecule has 0 saturated carbocycles. The van der Waals surface area contributed by atoms with Crippen LogP contribution < -0.4 is 0 Å². The zero-order valence-corrected chi connectivity index (χ0v) is 25.8. The van der Waals surface area contributed by atoms with Crippen LogP contribution in [-0.4, -0.2) is 18.5 Å². The number of esters is 1. The molecule has 4 nitrogen and oxygen atoms in total. The molecule has 216 valence electrons. The molecule has 0 aliphatic heterocycles. The number of hydrogen-bond acceptors (Lipinski definition) is 3. The largest absolute Gasteiger partial charge is 0.462 e. The summed E-state index contributed by atoms with van der Waals surface area (Å²) in [5.74, 6) is -1.63. The third-order valence-electron chi connectivity index (χ3n) is 6.95. The van der Waals surface area contributed by atoms with Crippen molar-refractivity contribution in [3.05, 3.63) is 124 Å². The number of carbonyl (C=O) groups excluding carboxylic acids is 2. The topological polar surface area (TPSA) is 63.3 Å². The maximum atomic E-state index is 12.8. The maximum Gasteiger partial charge on any atom is 0.386 e. The normalized spacial score (nSPS) is 11.8. The zero-order valence-electron chi connectivity index (χ0n) is 24.3. The summed E-state index contributed by atoms with van der Waals surface area (Å²) in [7, 11) is 0. The van der Waals surface area contributed by atoms with Gasteiger partial charge in [0.1, 0.15) is 0 Å². The lowest BCUT2D eigenvalue weighted by Gasteiger charge is -2.25. The van der Waals surface area contributed by atoms with Crippen molar-refractivity contribution in [3.63, 3.8) is 0 Å². The van der Waals surface area contributed by atoms with E-state index in [4.69, 9.17) is 27.9 Å². The SMILES string of the molecule is [CH2]C(C)(C)Cc1ccc(-c2ccc(CC(C)(C)COC(=O)c3ccc(-c4ccc(C([O])=O)cc4)cc3)c(Cl)c2)cc1Cl. The predicted molar refractivity (Wildman–Crippen MR) is 169 cm³/mol. The smallest absolute Gasteiger partial charge is 0.386 e. The Hall–Kier alpha value is -3.60. The van der Waals surface area contributed by atoms with E-state index < -0.39 is 11.9 Å². The lowest BCUT2D eigenvalue weighted by atomic mass is 9.85. The van der Waals surface area contributed by atoms with Crippen LogP contribution in [0.25, 0.3) is 22.3 Å². The molecule has 42 heavy (non-hydrogen) atoms. The predicted octanol–water partition coefficient (Wildman–Crippen LogP) is 9.73. The Kier molecular flexibility index (Phi) is 9.50. The van der Waals surface area contributed by atoms with E-state index in [0.29, 0.717) is 22.0 Å². The molecule has 0 amide bonds. The fourth-order valence-corrected chi connectivity index (χ4v) is 5.26. The fourth-order valence-electron chi connectivity index (χ4n) is 4.76. The number of ether oxygens (including phenoxy) is 1. The van der Waals surface area contributed by atoms with E-state index in [-0.39, 0.29) is 23.0 Å². The second-order valence-electron chi connectivity index (χ2n) is 12.3. The molecule has 0 aliphatic rings. The van der Waals surface area contributed by atoms with Crippen molar-refractivity contribution in [1.29, 1.82) is 0 Å². The molecule has 0 N–H and O–H groups in total. The van der Waals surface area contributed by atoms with Crippen LogP contribution in [0.2, 0.25) is 10.0 Å². The first-order valence-electron chi connectivity index (χ1n) is 13.7. The lowest BCUT2D eigenvalue weighted by Crippen LogP contribution is -2.24. The van der Waals surface area contributed by atoms with Gasteiger partial charge in [0.05, 0.1) is 17.7 Å². The Bertz CT molecular complexity index is 1580. The summed E-state index contributed by atoms with van der Waals surface area (Å²) in [5.41, 5.74) is 5.80. The minimum Gasteiger partial charge on any atom is -0.462 e. The lowest BCUT2D eigenvalue weighted by molar-refractivity contribution is 0.0341. The second kappa shape index (κ2) is 12.7. The van der Waals surface area contributed by atoms with E-state index in [1.54, 1.807) is 36.4 Å². The average molecular weight is 602 g/mol. The van der Waals surface area contributed by atoms with Crippen molar-refractivity contribution >= 4 is 35.1 Å². The van der Waals surface area contributed by atoms with Gasteiger partial charge in [0, 0.05) is 15.5 Å². The van der Waals surface area contributed by atoms with Crippen LogP contribution in [0.3, 0.4) is 0 Å². The third kappa shape index (κ3) is 8.24. The highest BCUT2D eigenvalue weighted by molar-refractivity contribution is 6.32. The van der Waals surface area contributed by atoms with Gasteiger partial charge in [0.25, 0.3) is 0 Å². The molecule has 6 heteroatoms. The van der Waals surface area contributed by atoms with Crippen LogP contribution in [0.15, 0.2) is 84.9 Å². The van der Waals surface area contributed by atoms with Crippen LogP contribution in [0.1, 0.15) is 59.5 Å². The summed E-state index contributed by atoms with van der Waals surface area (Å²) in [4.78, 5) is 23.7. The molecule has 0 unspecified atom stereocenters. The van der Waals surface area contributed by atoms with E-state index in [1.807, 2.05) is 44.2 Å². The Labute approximate surface area is 258 Å². The summed E-state index contributed by atoms with van der Waals surface area (Å²) in [6, 6.07) is 25.5. The van der Waals surface area contributed by atoms with E-state index in [2.05, 4.69) is 26.8 Å². The van der Waals surface area contributed by atoms with Gasteiger partial charge in [-0.3, -0.25) is 0 Å². The molecule has 0 spiro atoms. The van der Waals surface area contributed by atoms with Crippen molar-refractivity contribution < 1.29 is 19.4 Å². The maximum absolute atomic E-state index is 12.8. The summed E-state index contributed by atoms with van der Waals surface area (Å²) in [6.07, 6.45) is 1.41. The Balaban J connectivity index is 1.37. The monoisotopic (exact) mass is 600 g/mol. The number of carbonyl (C=O) groups is 2. The minimum absolute atomic E-state index is 0.0976. The van der Waals surface area contributed by atoms with Gasteiger partial charge in [-0.25, -0.2) is 14.7 Å². The highest BCUT2D eigenvalue weighted by atomic mass is 35.5. The molecule has 0 bridgehead atoms. The Morgan fingerprint density at radius 1 is 0.667 bits per heavy atom. The molecular formula is C36H34Cl2O4. The molecule has 4 aromatic rings. The standard InChI is InChI=1S/C36H34Cl2O4/c1-35(2,3)20-29-16-14-27(18-31(29)37)28-15-17-30(32(38)19-28)21-36(4,5)22-42-34(41)26-12-8-24(9-13-26)23-6-10-25(11-7-23)33(39)40/h6-19H,1,20-22H2,2-5H3. The number of benzene rings is 4. The molecule has 0 saturated heterocycles. The van der Waals surface area contributed by atoms with Gasteiger partial charge in [-0.15, -0.1) is 0 Å². The van der Waals surface area contributed by atoms with Gasteiger partial charge < -0.3 is 4.74 Å². The summed E-state index contributed by atoms with van der Waals surface area (Å²) in [5, 5.41) is 12.3. The first kappa shape index (κ1) is 31.3. The van der Waals surface area contributed by atoms with Crippen LogP contribution in [0.5, 0.6) is 0 Å². The molecule has 4 rings (SSSR count). The van der Waals surface area contributed by atoms with Crippen LogP contribution >= 0.6 is 23.2 Å². The summed E-state index contributed by atoms with van der Waals surface area (Å²) in [6.45, 7) is 12.6. The van der Waals surface area contributed by atoms with Crippen molar-refractivity contribution in [2.45, 2.75) is 40.5 Å². The highest BCUT2D eigenvalue weighted by Gasteiger charge is 2.23. The van der Waals surface area contributed by atoms with Crippen molar-refractivity contribution in [3.8, 4) is 22.3 Å². The summed E-state index contributed by atoms with van der Waals surface area (Å²) < 4.78 is 5.67. The number of hydrogen-bond donors (Lipinski definition) is 0. The minimum atomic E-state index is -1.22. The molecule has 0 aromatic heterocycles. The second-order valence-corrected chi connectivity index (χ2v) is 13.1. The van der Waals surface area contributed by atoms with E-state index in [1.165, 1.54) is 12.1 Å². The van der Waals surface area contributed by atoms with Crippen molar-refractivity contribution in [1.82, 2.24) is 0 Å². The average Bonchev–Trinajstić information content (AvgIpc) is 2.93. The fraction of sp³-hybridized carbons (Fsp3) is 0.250. The zero-order chi connectivity index (χ0) is 30.7. The van der Waals surface area contributed by atoms with Crippen LogP contribution in [0, 0.1) is 17.8 Å². The van der Waals surface area contributed by atoms with Gasteiger partial charge in [-0.1, -0.05) is 99.4 Å². The first-order valence-corrected chi connectivity index (χ1v) is 14.5. The molecular weight excluding hydrogens is 567 g/mol. The third-order valence-corrected chi connectivity index (χ3v) is 7.65. The molecule has 0 heterocycles. The molecule has 0 atom stereocenters. The highest BCUT2D eigenvalue weighted by Crippen LogP contribution is 2.34. The molecule has 0 fully saturated rings. The molecule has 4 aromatic carbocycles. The van der Waals surface area contributed by atoms with Gasteiger partial charge in [0.15, 0.2) is 0 Å². The Morgan fingerprint density at radius 2 is 1.10 bits per heavy atom. The number of halogens is 2. The van der Waals surface area contributed by atoms with Crippen molar-refractivity contribution in [2.24, 2.45) is 10.8 Å². The molecule has 0 aliphatic carbocycles.